The largest absolute Gasteiger partial charge is 0.507 e. The van der Waals surface area contributed by atoms with Gasteiger partial charge in [-0.1, -0.05) is 0 Å². The summed E-state index contributed by atoms with van der Waals surface area (Å²) in [6.45, 7) is 1.72. The number of hydrogen-bond acceptors (Lipinski definition) is 3. The molecular formula is C12H13NO2. The van der Waals surface area contributed by atoms with E-state index in [2.05, 4.69) is 5.92 Å². The lowest BCUT2D eigenvalue weighted by atomic mass is 10.00. The van der Waals surface area contributed by atoms with E-state index in [0.29, 0.717) is 16.7 Å². The standard InChI is InChI=1S/C12H13NO2/c1-3-4-11(14)9-5-8(2)12(15)10(6-9)7-13/h1,5-7,11,13-15H,4H2,2H3. The Hall–Kier alpha value is -1.79. The van der Waals surface area contributed by atoms with Crippen molar-refractivity contribution in [3.05, 3.63) is 28.8 Å². The fourth-order valence-electron chi connectivity index (χ4n) is 1.37. The van der Waals surface area contributed by atoms with Crippen molar-refractivity contribution in [2.24, 2.45) is 0 Å². The van der Waals surface area contributed by atoms with Crippen LogP contribution in [0.25, 0.3) is 0 Å². The number of rotatable bonds is 3. The van der Waals surface area contributed by atoms with Crippen molar-refractivity contribution in [1.29, 1.82) is 5.41 Å². The smallest absolute Gasteiger partial charge is 0.127 e. The Morgan fingerprint density at radius 3 is 2.80 bits per heavy atom. The van der Waals surface area contributed by atoms with Gasteiger partial charge in [0.2, 0.25) is 0 Å². The first kappa shape index (κ1) is 11.3. The Balaban J connectivity index is 3.17. The van der Waals surface area contributed by atoms with Gasteiger partial charge in [-0.05, 0) is 30.2 Å². The summed E-state index contributed by atoms with van der Waals surface area (Å²) in [7, 11) is 0. The molecule has 78 valence electrons. The van der Waals surface area contributed by atoms with Crippen LogP contribution < -0.4 is 0 Å². The van der Waals surface area contributed by atoms with Crippen LogP contribution in [-0.4, -0.2) is 16.4 Å². The Kier molecular flexibility index (Phi) is 3.48. The van der Waals surface area contributed by atoms with Crippen molar-refractivity contribution in [2.75, 3.05) is 0 Å². The van der Waals surface area contributed by atoms with Gasteiger partial charge in [0.15, 0.2) is 0 Å². The van der Waals surface area contributed by atoms with E-state index in [-0.39, 0.29) is 12.2 Å². The highest BCUT2D eigenvalue weighted by atomic mass is 16.3. The molecule has 3 nitrogen and oxygen atoms in total. The van der Waals surface area contributed by atoms with Gasteiger partial charge in [0.05, 0.1) is 6.10 Å². The fraction of sp³-hybridized carbons (Fsp3) is 0.250. The van der Waals surface area contributed by atoms with Crippen molar-refractivity contribution in [1.82, 2.24) is 0 Å². The number of aryl methyl sites for hydroxylation is 1. The first-order chi connectivity index (χ1) is 7.10. The molecule has 0 amide bonds. The van der Waals surface area contributed by atoms with Crippen molar-refractivity contribution in [3.8, 4) is 18.1 Å². The van der Waals surface area contributed by atoms with Gasteiger partial charge in [-0.2, -0.15) is 0 Å². The fourth-order valence-corrected chi connectivity index (χ4v) is 1.37. The van der Waals surface area contributed by atoms with Crippen LogP contribution >= 0.6 is 0 Å². The molecule has 0 saturated carbocycles. The molecule has 0 radical (unpaired) electrons. The zero-order valence-corrected chi connectivity index (χ0v) is 8.49. The summed E-state index contributed by atoms with van der Waals surface area (Å²) in [6, 6.07) is 3.24. The number of aliphatic hydroxyl groups is 1. The Bertz CT molecular complexity index is 418. The second kappa shape index (κ2) is 4.63. The van der Waals surface area contributed by atoms with E-state index in [1.807, 2.05) is 0 Å². The molecule has 0 aromatic heterocycles. The molecule has 1 unspecified atom stereocenters. The summed E-state index contributed by atoms with van der Waals surface area (Å²) >= 11 is 0. The van der Waals surface area contributed by atoms with Crippen LogP contribution in [0.3, 0.4) is 0 Å². The van der Waals surface area contributed by atoms with E-state index < -0.39 is 6.10 Å². The minimum atomic E-state index is -0.743. The molecule has 0 fully saturated rings. The lowest BCUT2D eigenvalue weighted by molar-refractivity contribution is 0.184. The predicted molar refractivity (Wildman–Crippen MR) is 59.1 cm³/mol. The quantitative estimate of drug-likeness (QED) is 0.517. The highest BCUT2D eigenvalue weighted by Gasteiger charge is 2.10. The zero-order valence-electron chi connectivity index (χ0n) is 8.49. The third-order valence-corrected chi connectivity index (χ3v) is 2.20. The predicted octanol–water partition coefficient (Wildman–Crippen LogP) is 1.75. The van der Waals surface area contributed by atoms with Crippen LogP contribution in [0, 0.1) is 24.7 Å². The monoisotopic (exact) mass is 203 g/mol. The minimum Gasteiger partial charge on any atom is -0.507 e. The summed E-state index contributed by atoms with van der Waals surface area (Å²) in [5.41, 5.74) is 1.64. The van der Waals surface area contributed by atoms with Crippen molar-refractivity contribution >= 4 is 6.21 Å². The Labute approximate surface area is 88.9 Å². The van der Waals surface area contributed by atoms with Gasteiger partial charge in [-0.3, -0.25) is 0 Å². The maximum absolute atomic E-state index is 9.66. The normalized spacial score (nSPS) is 11.8. The number of phenols is 1. The summed E-state index contributed by atoms with van der Waals surface area (Å²) in [4.78, 5) is 0. The van der Waals surface area contributed by atoms with Crippen LogP contribution in [0.1, 0.15) is 29.2 Å². The number of phenolic OH excluding ortho intramolecular Hbond substituents is 1. The van der Waals surface area contributed by atoms with E-state index in [1.54, 1.807) is 19.1 Å². The number of benzene rings is 1. The topological polar surface area (TPSA) is 64.3 Å². The lowest BCUT2D eigenvalue weighted by Crippen LogP contribution is -1.98. The van der Waals surface area contributed by atoms with Gasteiger partial charge in [-0.25, -0.2) is 0 Å². The van der Waals surface area contributed by atoms with Crippen LogP contribution in [0.5, 0.6) is 5.75 Å². The maximum Gasteiger partial charge on any atom is 0.127 e. The highest BCUT2D eigenvalue weighted by molar-refractivity contribution is 5.82. The number of aliphatic hydroxyl groups excluding tert-OH is 1. The molecule has 0 spiro atoms. The van der Waals surface area contributed by atoms with Gasteiger partial charge in [0.1, 0.15) is 5.75 Å². The van der Waals surface area contributed by atoms with E-state index in [1.165, 1.54) is 0 Å². The molecule has 3 heteroatoms. The first-order valence-corrected chi connectivity index (χ1v) is 4.55. The SMILES string of the molecule is C#CCC(O)c1cc(C)c(O)c(C=N)c1. The van der Waals surface area contributed by atoms with Gasteiger partial charge in [-0.15, -0.1) is 12.3 Å². The average molecular weight is 203 g/mol. The first-order valence-electron chi connectivity index (χ1n) is 4.55. The Morgan fingerprint density at radius 2 is 2.27 bits per heavy atom. The number of nitrogens with one attached hydrogen (secondary N) is 1. The van der Waals surface area contributed by atoms with E-state index in [0.717, 1.165) is 6.21 Å². The molecule has 0 saturated heterocycles. The van der Waals surface area contributed by atoms with Crippen LogP contribution in [-0.2, 0) is 0 Å². The number of hydrogen-bond donors (Lipinski definition) is 3. The summed E-state index contributed by atoms with van der Waals surface area (Å²) in [5.74, 6) is 2.44. The molecule has 1 rings (SSSR count). The highest BCUT2D eigenvalue weighted by Crippen LogP contribution is 2.26. The second-order valence-electron chi connectivity index (χ2n) is 3.34. The van der Waals surface area contributed by atoms with Gasteiger partial charge < -0.3 is 15.6 Å². The molecular weight excluding hydrogens is 190 g/mol. The van der Waals surface area contributed by atoms with E-state index in [4.69, 9.17) is 11.8 Å². The summed E-state index contributed by atoms with van der Waals surface area (Å²) < 4.78 is 0. The number of aromatic hydroxyl groups is 1. The van der Waals surface area contributed by atoms with Crippen LogP contribution in [0.15, 0.2) is 12.1 Å². The zero-order chi connectivity index (χ0) is 11.4. The molecule has 1 aromatic rings. The van der Waals surface area contributed by atoms with Gasteiger partial charge in [0.25, 0.3) is 0 Å². The second-order valence-corrected chi connectivity index (χ2v) is 3.34. The van der Waals surface area contributed by atoms with Crippen molar-refractivity contribution < 1.29 is 10.2 Å². The van der Waals surface area contributed by atoms with Crippen LogP contribution in [0.4, 0.5) is 0 Å². The Morgan fingerprint density at radius 1 is 1.60 bits per heavy atom. The average Bonchev–Trinajstić information content (AvgIpc) is 2.22. The minimum absolute atomic E-state index is 0.0710. The molecule has 0 aliphatic heterocycles. The molecule has 15 heavy (non-hydrogen) atoms. The molecule has 3 N–H and O–H groups in total. The van der Waals surface area contributed by atoms with E-state index >= 15 is 0 Å². The molecule has 1 atom stereocenters. The molecule has 0 aliphatic rings. The van der Waals surface area contributed by atoms with Crippen LogP contribution in [0.2, 0.25) is 0 Å². The molecule has 0 aliphatic carbocycles. The van der Waals surface area contributed by atoms with E-state index in [9.17, 15) is 10.2 Å². The van der Waals surface area contributed by atoms with Gasteiger partial charge in [0, 0.05) is 18.2 Å². The molecule has 0 heterocycles. The summed E-state index contributed by atoms with van der Waals surface area (Å²) in [6.07, 6.45) is 5.63. The molecule has 0 bridgehead atoms. The van der Waals surface area contributed by atoms with Crippen molar-refractivity contribution in [3.63, 3.8) is 0 Å². The van der Waals surface area contributed by atoms with Gasteiger partial charge >= 0.3 is 0 Å². The third kappa shape index (κ3) is 2.36. The molecule has 1 aromatic carbocycles. The van der Waals surface area contributed by atoms with Crippen molar-refractivity contribution in [2.45, 2.75) is 19.4 Å². The maximum atomic E-state index is 9.66. The number of terminal acetylenes is 1. The third-order valence-electron chi connectivity index (χ3n) is 2.20. The summed E-state index contributed by atoms with van der Waals surface area (Å²) in [5, 5.41) is 26.3. The lowest BCUT2D eigenvalue weighted by Gasteiger charge is -2.11.